The number of aromatic nitrogens is 2. The van der Waals surface area contributed by atoms with Crippen LogP contribution in [0.5, 0.6) is 0 Å². The zero-order chi connectivity index (χ0) is 20.1. The summed E-state index contributed by atoms with van der Waals surface area (Å²) in [5.74, 6) is -0.0867. The zero-order valence-electron chi connectivity index (χ0n) is 16.0. The van der Waals surface area contributed by atoms with Crippen molar-refractivity contribution in [2.24, 2.45) is 0 Å². The van der Waals surface area contributed by atoms with Gasteiger partial charge in [0.25, 0.3) is 5.56 Å². The maximum Gasteiger partial charge on any atom is 0.331 e. The Balaban J connectivity index is 1.79. The molecule has 6 heteroatoms. The molecule has 0 spiro atoms. The van der Waals surface area contributed by atoms with Crippen LogP contribution in [0.25, 0.3) is 0 Å². The Kier molecular flexibility index (Phi) is 5.89. The highest BCUT2D eigenvalue weighted by Gasteiger charge is 2.11. The third-order valence-corrected chi connectivity index (χ3v) is 4.47. The lowest BCUT2D eigenvalue weighted by molar-refractivity contribution is -0.116. The predicted molar refractivity (Wildman–Crippen MR) is 110 cm³/mol. The van der Waals surface area contributed by atoms with Gasteiger partial charge in [0.15, 0.2) is 0 Å². The first-order valence-corrected chi connectivity index (χ1v) is 9.18. The van der Waals surface area contributed by atoms with Crippen molar-refractivity contribution in [3.05, 3.63) is 98.8 Å². The first-order valence-electron chi connectivity index (χ1n) is 9.18. The average molecular weight is 377 g/mol. The second-order valence-corrected chi connectivity index (χ2v) is 6.96. The molecular weight excluding hydrogens is 354 g/mol. The van der Waals surface area contributed by atoms with Crippen molar-refractivity contribution >= 4 is 11.6 Å². The van der Waals surface area contributed by atoms with Gasteiger partial charge in [0, 0.05) is 18.0 Å². The minimum atomic E-state index is -0.512. The van der Waals surface area contributed by atoms with Crippen LogP contribution in [-0.2, 0) is 17.9 Å². The molecule has 3 aromatic rings. The highest BCUT2D eigenvalue weighted by atomic mass is 16.2. The molecule has 0 saturated heterocycles. The Morgan fingerprint density at radius 2 is 1.75 bits per heavy atom. The summed E-state index contributed by atoms with van der Waals surface area (Å²) >= 11 is 0. The molecule has 0 fully saturated rings. The van der Waals surface area contributed by atoms with Gasteiger partial charge in [-0.15, -0.1) is 0 Å². The molecular formula is C22H23N3O3. The summed E-state index contributed by atoms with van der Waals surface area (Å²) in [5, 5.41) is 2.76. The molecule has 28 heavy (non-hydrogen) atoms. The molecule has 1 aromatic heterocycles. The fourth-order valence-corrected chi connectivity index (χ4v) is 2.92. The standard InChI is InChI=1S/C22H23N3O3/c1-16(2)18-9-6-10-19(13-18)23-20(26)15-25-21(27)11-12-24(22(25)28)14-17-7-4-3-5-8-17/h3-13,16H,14-15H2,1-2H3,(H,23,26). The molecule has 3 rings (SSSR count). The van der Waals surface area contributed by atoms with Gasteiger partial charge in [-0.2, -0.15) is 0 Å². The topological polar surface area (TPSA) is 73.1 Å². The summed E-state index contributed by atoms with van der Waals surface area (Å²) in [4.78, 5) is 37.2. The highest BCUT2D eigenvalue weighted by Crippen LogP contribution is 2.18. The van der Waals surface area contributed by atoms with E-state index in [4.69, 9.17) is 0 Å². The summed E-state index contributed by atoms with van der Waals surface area (Å²) in [7, 11) is 0. The van der Waals surface area contributed by atoms with Gasteiger partial charge in [-0.1, -0.05) is 56.3 Å². The van der Waals surface area contributed by atoms with Gasteiger partial charge in [-0.05, 0) is 29.2 Å². The quantitative estimate of drug-likeness (QED) is 0.718. The summed E-state index contributed by atoms with van der Waals surface area (Å²) in [6.45, 7) is 4.14. The molecule has 0 saturated carbocycles. The van der Waals surface area contributed by atoms with Gasteiger partial charge in [0.05, 0.1) is 6.54 Å². The van der Waals surface area contributed by atoms with Crippen LogP contribution in [0.1, 0.15) is 30.9 Å². The summed E-state index contributed by atoms with van der Waals surface area (Å²) in [5.41, 5.74) is 1.66. The van der Waals surface area contributed by atoms with E-state index in [-0.39, 0.29) is 6.54 Å². The van der Waals surface area contributed by atoms with Crippen LogP contribution in [0.3, 0.4) is 0 Å². The second-order valence-electron chi connectivity index (χ2n) is 6.96. The predicted octanol–water partition coefficient (Wildman–Crippen LogP) is 2.82. The maximum absolute atomic E-state index is 12.7. The van der Waals surface area contributed by atoms with E-state index >= 15 is 0 Å². The van der Waals surface area contributed by atoms with E-state index in [2.05, 4.69) is 19.2 Å². The van der Waals surface area contributed by atoms with E-state index < -0.39 is 17.2 Å². The Bertz CT molecular complexity index is 1080. The Hall–Kier alpha value is -3.41. The molecule has 0 atom stereocenters. The maximum atomic E-state index is 12.7. The third kappa shape index (κ3) is 4.65. The van der Waals surface area contributed by atoms with Crippen molar-refractivity contribution in [3.8, 4) is 0 Å². The summed E-state index contributed by atoms with van der Waals surface area (Å²) in [6, 6.07) is 18.3. The number of rotatable bonds is 6. The zero-order valence-corrected chi connectivity index (χ0v) is 16.0. The van der Waals surface area contributed by atoms with E-state index in [0.717, 1.165) is 15.7 Å². The normalized spacial score (nSPS) is 10.8. The Labute approximate surface area is 163 Å². The molecule has 0 aliphatic carbocycles. The smallest absolute Gasteiger partial charge is 0.325 e. The number of nitrogens with one attached hydrogen (secondary N) is 1. The van der Waals surface area contributed by atoms with Crippen molar-refractivity contribution in [3.63, 3.8) is 0 Å². The van der Waals surface area contributed by atoms with E-state index in [0.29, 0.717) is 18.2 Å². The number of carbonyl (C=O) groups excluding carboxylic acids is 1. The Morgan fingerprint density at radius 3 is 2.46 bits per heavy atom. The molecule has 0 bridgehead atoms. The molecule has 144 valence electrons. The van der Waals surface area contributed by atoms with E-state index in [1.807, 2.05) is 48.5 Å². The molecule has 0 radical (unpaired) electrons. The summed E-state index contributed by atoms with van der Waals surface area (Å²) in [6.07, 6.45) is 1.46. The SMILES string of the molecule is CC(C)c1cccc(NC(=O)Cn2c(=O)ccn(Cc3ccccc3)c2=O)c1. The van der Waals surface area contributed by atoms with Gasteiger partial charge in [-0.25, -0.2) is 4.79 Å². The van der Waals surface area contributed by atoms with Crippen LogP contribution in [0.15, 0.2) is 76.4 Å². The molecule has 1 amide bonds. The van der Waals surface area contributed by atoms with Gasteiger partial charge in [-0.3, -0.25) is 18.7 Å². The molecule has 1 N–H and O–H groups in total. The summed E-state index contributed by atoms with van der Waals surface area (Å²) < 4.78 is 2.37. The largest absolute Gasteiger partial charge is 0.331 e. The molecule has 2 aromatic carbocycles. The molecule has 0 aliphatic rings. The van der Waals surface area contributed by atoms with Crippen LogP contribution in [0, 0.1) is 0 Å². The molecule has 1 heterocycles. The van der Waals surface area contributed by atoms with Crippen LogP contribution >= 0.6 is 0 Å². The van der Waals surface area contributed by atoms with Crippen LogP contribution in [-0.4, -0.2) is 15.0 Å². The molecule has 0 aliphatic heterocycles. The molecule has 0 unspecified atom stereocenters. The number of benzene rings is 2. The first kappa shape index (κ1) is 19.4. The lowest BCUT2D eigenvalue weighted by Crippen LogP contribution is -2.41. The number of nitrogens with zero attached hydrogens (tertiary/aromatic N) is 2. The van der Waals surface area contributed by atoms with Gasteiger partial charge < -0.3 is 5.32 Å². The fraction of sp³-hybridized carbons (Fsp3) is 0.227. The minimum absolute atomic E-state index is 0.331. The van der Waals surface area contributed by atoms with Crippen molar-refractivity contribution in [2.45, 2.75) is 32.9 Å². The first-order chi connectivity index (χ1) is 13.4. The number of anilines is 1. The van der Waals surface area contributed by atoms with E-state index in [1.54, 1.807) is 6.07 Å². The number of amides is 1. The van der Waals surface area contributed by atoms with Crippen molar-refractivity contribution in [2.75, 3.05) is 5.32 Å². The third-order valence-electron chi connectivity index (χ3n) is 4.47. The van der Waals surface area contributed by atoms with Crippen LogP contribution in [0.4, 0.5) is 5.69 Å². The second kappa shape index (κ2) is 8.52. The average Bonchev–Trinajstić information content (AvgIpc) is 2.68. The monoisotopic (exact) mass is 377 g/mol. The lowest BCUT2D eigenvalue weighted by atomic mass is 10.0. The van der Waals surface area contributed by atoms with E-state index in [9.17, 15) is 14.4 Å². The minimum Gasteiger partial charge on any atom is -0.325 e. The lowest BCUT2D eigenvalue weighted by Gasteiger charge is -2.12. The molecule has 6 nitrogen and oxygen atoms in total. The number of carbonyl (C=O) groups is 1. The highest BCUT2D eigenvalue weighted by molar-refractivity contribution is 5.90. The Morgan fingerprint density at radius 1 is 1.00 bits per heavy atom. The van der Waals surface area contributed by atoms with E-state index in [1.165, 1.54) is 16.8 Å². The van der Waals surface area contributed by atoms with Crippen molar-refractivity contribution in [1.82, 2.24) is 9.13 Å². The number of hydrogen-bond acceptors (Lipinski definition) is 3. The van der Waals surface area contributed by atoms with Crippen molar-refractivity contribution in [1.29, 1.82) is 0 Å². The van der Waals surface area contributed by atoms with Gasteiger partial charge in [0.1, 0.15) is 6.54 Å². The van der Waals surface area contributed by atoms with Crippen LogP contribution < -0.4 is 16.6 Å². The number of hydrogen-bond donors (Lipinski definition) is 1. The van der Waals surface area contributed by atoms with Crippen LogP contribution in [0.2, 0.25) is 0 Å². The van der Waals surface area contributed by atoms with Crippen molar-refractivity contribution < 1.29 is 4.79 Å². The van der Waals surface area contributed by atoms with Gasteiger partial charge in [0.2, 0.25) is 5.91 Å². The van der Waals surface area contributed by atoms with Gasteiger partial charge >= 0.3 is 5.69 Å². The fourth-order valence-electron chi connectivity index (χ4n) is 2.92.